The van der Waals surface area contributed by atoms with Crippen molar-refractivity contribution in [2.45, 2.75) is 6.10 Å². The van der Waals surface area contributed by atoms with Crippen LogP contribution in [0.1, 0.15) is 0 Å². The maximum Gasteiger partial charge on any atom is 0.170 e. The third-order valence-corrected chi connectivity index (χ3v) is 3.43. The van der Waals surface area contributed by atoms with Crippen molar-refractivity contribution in [3.8, 4) is 11.5 Å². The van der Waals surface area contributed by atoms with Gasteiger partial charge in [0.05, 0.1) is 12.2 Å². The summed E-state index contributed by atoms with van der Waals surface area (Å²) in [7, 11) is 0. The van der Waals surface area contributed by atoms with Gasteiger partial charge in [0.25, 0.3) is 0 Å². The lowest BCUT2D eigenvalue weighted by Crippen LogP contribution is -2.42. The van der Waals surface area contributed by atoms with Gasteiger partial charge in [-0.25, -0.2) is 4.39 Å². The van der Waals surface area contributed by atoms with Crippen LogP contribution in [0.15, 0.2) is 48.5 Å². The number of rotatable bonds is 3. The zero-order valence-corrected chi connectivity index (χ0v) is 12.5. The van der Waals surface area contributed by atoms with Gasteiger partial charge in [0.2, 0.25) is 0 Å². The van der Waals surface area contributed by atoms with Crippen molar-refractivity contribution in [1.29, 1.82) is 0 Å². The van der Waals surface area contributed by atoms with Crippen molar-refractivity contribution in [3.63, 3.8) is 0 Å². The summed E-state index contributed by atoms with van der Waals surface area (Å²) in [5.41, 5.74) is 0.339. The monoisotopic (exact) mass is 318 g/mol. The Kier molecular flexibility index (Phi) is 4.39. The first-order chi connectivity index (χ1) is 10.7. The van der Waals surface area contributed by atoms with Gasteiger partial charge >= 0.3 is 0 Å². The molecule has 22 heavy (non-hydrogen) atoms. The summed E-state index contributed by atoms with van der Waals surface area (Å²) in [6.07, 6.45) is -0.157. The van der Waals surface area contributed by atoms with Crippen molar-refractivity contribution in [1.82, 2.24) is 5.32 Å². The number of nitrogens with one attached hydrogen (secondary N) is 2. The molecule has 0 bridgehead atoms. The summed E-state index contributed by atoms with van der Waals surface area (Å²) >= 11 is 5.16. The van der Waals surface area contributed by atoms with E-state index in [4.69, 9.17) is 21.7 Å². The fourth-order valence-electron chi connectivity index (χ4n) is 2.10. The highest BCUT2D eigenvalue weighted by atomic mass is 32.1. The van der Waals surface area contributed by atoms with Crippen LogP contribution in [-0.4, -0.2) is 24.4 Å². The van der Waals surface area contributed by atoms with Crippen LogP contribution in [0.3, 0.4) is 0 Å². The number of hydrogen-bond acceptors (Lipinski definition) is 3. The Balaban J connectivity index is 1.51. The van der Waals surface area contributed by atoms with E-state index >= 15 is 0 Å². The van der Waals surface area contributed by atoms with Crippen LogP contribution in [-0.2, 0) is 0 Å². The second kappa shape index (κ2) is 6.62. The molecule has 0 unspecified atom stereocenters. The molecule has 0 amide bonds. The molecule has 2 aromatic rings. The summed E-state index contributed by atoms with van der Waals surface area (Å²) in [5, 5.41) is 6.17. The third-order valence-electron chi connectivity index (χ3n) is 3.18. The fraction of sp³-hybridized carbons (Fsp3) is 0.188. The third kappa shape index (κ3) is 3.46. The van der Waals surface area contributed by atoms with Gasteiger partial charge in [-0.1, -0.05) is 24.3 Å². The molecule has 0 saturated heterocycles. The zero-order valence-electron chi connectivity index (χ0n) is 11.7. The van der Waals surface area contributed by atoms with E-state index in [0.717, 1.165) is 5.75 Å². The Bertz CT molecular complexity index is 681. The topological polar surface area (TPSA) is 42.5 Å². The molecule has 114 valence electrons. The van der Waals surface area contributed by atoms with Crippen molar-refractivity contribution in [3.05, 3.63) is 54.3 Å². The smallest absolute Gasteiger partial charge is 0.170 e. The summed E-state index contributed by atoms with van der Waals surface area (Å²) in [6, 6.07) is 13.9. The Morgan fingerprint density at radius 2 is 1.86 bits per heavy atom. The molecule has 1 heterocycles. The van der Waals surface area contributed by atoms with Gasteiger partial charge in [0, 0.05) is 0 Å². The van der Waals surface area contributed by atoms with E-state index in [-0.39, 0.29) is 11.9 Å². The molecular weight excluding hydrogens is 303 g/mol. The number of para-hydroxylation sites is 3. The molecule has 0 radical (unpaired) electrons. The van der Waals surface area contributed by atoms with Gasteiger partial charge in [-0.05, 0) is 36.5 Å². The highest BCUT2D eigenvalue weighted by Gasteiger charge is 2.20. The average Bonchev–Trinajstić information content (AvgIpc) is 2.55. The summed E-state index contributed by atoms with van der Waals surface area (Å²) in [6.45, 7) is 0.904. The maximum absolute atomic E-state index is 13.5. The highest BCUT2D eigenvalue weighted by Crippen LogP contribution is 2.30. The van der Waals surface area contributed by atoms with E-state index in [1.807, 2.05) is 24.3 Å². The molecule has 1 aliphatic heterocycles. The number of anilines is 1. The van der Waals surface area contributed by atoms with Gasteiger partial charge < -0.3 is 20.1 Å². The van der Waals surface area contributed by atoms with Gasteiger partial charge in [-0.3, -0.25) is 0 Å². The van der Waals surface area contributed by atoms with Crippen LogP contribution in [0.4, 0.5) is 10.1 Å². The maximum atomic E-state index is 13.5. The molecule has 4 nitrogen and oxygen atoms in total. The van der Waals surface area contributed by atoms with E-state index in [2.05, 4.69) is 10.6 Å². The van der Waals surface area contributed by atoms with Crippen molar-refractivity contribution in [2.24, 2.45) is 0 Å². The molecule has 1 atom stereocenters. The standard InChI is InChI=1S/C16H15FN2O2S/c17-12-5-1-2-6-13(12)19-16(22)18-9-11-10-20-14-7-3-4-8-15(14)21-11/h1-8,11H,9-10H2,(H2,18,19,22)/t11-/m0/s1. The molecule has 0 aliphatic carbocycles. The van der Waals surface area contributed by atoms with Gasteiger partial charge in [-0.15, -0.1) is 0 Å². The SMILES string of the molecule is Fc1ccccc1NC(=S)NC[C@H]1COc2ccccc2O1. The van der Waals surface area contributed by atoms with E-state index < -0.39 is 0 Å². The van der Waals surface area contributed by atoms with Gasteiger partial charge in [0.15, 0.2) is 16.6 Å². The van der Waals surface area contributed by atoms with Crippen LogP contribution in [0, 0.1) is 5.82 Å². The van der Waals surface area contributed by atoms with Crippen LogP contribution < -0.4 is 20.1 Å². The Hall–Kier alpha value is -2.34. The summed E-state index contributed by atoms with van der Waals surface area (Å²) in [4.78, 5) is 0. The molecule has 0 saturated carbocycles. The Morgan fingerprint density at radius 1 is 1.14 bits per heavy atom. The van der Waals surface area contributed by atoms with Crippen molar-refractivity contribution < 1.29 is 13.9 Å². The van der Waals surface area contributed by atoms with Crippen LogP contribution in [0.5, 0.6) is 11.5 Å². The first-order valence-corrected chi connectivity index (χ1v) is 7.31. The number of halogens is 1. The van der Waals surface area contributed by atoms with E-state index in [9.17, 15) is 4.39 Å². The summed E-state index contributed by atoms with van der Waals surface area (Å²) < 4.78 is 24.9. The number of ether oxygens (including phenoxy) is 2. The van der Waals surface area contributed by atoms with Crippen LogP contribution in [0.25, 0.3) is 0 Å². The minimum absolute atomic E-state index is 0.157. The normalized spacial score (nSPS) is 16.0. The second-order valence-electron chi connectivity index (χ2n) is 4.81. The van der Waals surface area contributed by atoms with Crippen LogP contribution in [0.2, 0.25) is 0 Å². The average molecular weight is 318 g/mol. The second-order valence-corrected chi connectivity index (χ2v) is 5.22. The quantitative estimate of drug-likeness (QED) is 0.852. The predicted molar refractivity (Wildman–Crippen MR) is 87.0 cm³/mol. The minimum atomic E-state index is -0.349. The number of thiocarbonyl (C=S) groups is 1. The van der Waals surface area contributed by atoms with E-state index in [0.29, 0.717) is 29.7 Å². The number of hydrogen-bond donors (Lipinski definition) is 2. The molecule has 0 aromatic heterocycles. The van der Waals surface area contributed by atoms with Gasteiger partial charge in [-0.2, -0.15) is 0 Å². The molecule has 1 aliphatic rings. The lowest BCUT2D eigenvalue weighted by Gasteiger charge is -2.27. The van der Waals surface area contributed by atoms with Crippen LogP contribution >= 0.6 is 12.2 Å². The van der Waals surface area contributed by atoms with E-state index in [1.165, 1.54) is 6.07 Å². The fourth-order valence-corrected chi connectivity index (χ4v) is 2.29. The lowest BCUT2D eigenvalue weighted by molar-refractivity contribution is 0.0939. The molecule has 2 aromatic carbocycles. The molecule has 6 heteroatoms. The lowest BCUT2D eigenvalue weighted by atomic mass is 10.2. The number of fused-ring (bicyclic) bond motifs is 1. The summed E-state index contributed by atoms with van der Waals surface area (Å²) in [5.74, 6) is 1.11. The van der Waals surface area contributed by atoms with E-state index in [1.54, 1.807) is 18.2 Å². The molecule has 0 spiro atoms. The zero-order chi connectivity index (χ0) is 15.4. The van der Waals surface area contributed by atoms with Crippen molar-refractivity contribution in [2.75, 3.05) is 18.5 Å². The highest BCUT2D eigenvalue weighted by molar-refractivity contribution is 7.80. The largest absolute Gasteiger partial charge is 0.486 e. The first kappa shape index (κ1) is 14.6. The first-order valence-electron chi connectivity index (χ1n) is 6.90. The molecule has 0 fully saturated rings. The minimum Gasteiger partial charge on any atom is -0.486 e. The Labute approximate surface area is 133 Å². The van der Waals surface area contributed by atoms with Gasteiger partial charge in [0.1, 0.15) is 18.5 Å². The molecular formula is C16H15FN2O2S. The molecule has 3 rings (SSSR count). The Morgan fingerprint density at radius 3 is 2.68 bits per heavy atom. The predicted octanol–water partition coefficient (Wildman–Crippen LogP) is 2.95. The molecule has 2 N–H and O–H groups in total. The van der Waals surface area contributed by atoms with Crippen molar-refractivity contribution >= 4 is 23.0 Å². The number of benzene rings is 2.